The maximum atomic E-state index is 15.4. The predicted molar refractivity (Wildman–Crippen MR) is 151 cm³/mol. The van der Waals surface area contributed by atoms with Crippen molar-refractivity contribution in [1.29, 1.82) is 5.26 Å². The van der Waals surface area contributed by atoms with Gasteiger partial charge < -0.3 is 14.8 Å². The number of sulfonamides is 1. The third-order valence-electron chi connectivity index (χ3n) is 7.33. The first-order valence-electron chi connectivity index (χ1n) is 13.4. The van der Waals surface area contributed by atoms with Gasteiger partial charge in [0.2, 0.25) is 0 Å². The lowest BCUT2D eigenvalue weighted by Crippen LogP contribution is -2.52. The fraction of sp³-hybridized carbons (Fsp3) is 0.500. The third-order valence-corrected chi connectivity index (χ3v) is 9.82. The highest BCUT2D eigenvalue weighted by atomic mass is 32.2. The molecule has 2 N–H and O–H groups in total. The zero-order valence-corrected chi connectivity index (χ0v) is 24.6. The van der Waals surface area contributed by atoms with Crippen molar-refractivity contribution in [3.8, 4) is 6.07 Å². The third kappa shape index (κ3) is 7.96. The first kappa shape index (κ1) is 31.2. The number of hydrogen-bond acceptors (Lipinski definition) is 9. The van der Waals surface area contributed by atoms with Crippen LogP contribution in [-0.2, 0) is 24.3 Å². The average Bonchev–Trinajstić information content (AvgIpc) is 2.92. The molecule has 222 valence electrons. The standard InChI is InChI=1S/C28H34F2N4O5S2/c1-28(10-3-4-12-39-28)27(35)33-41(36,37)24-13-19(15-31)26(25(30)14-24)32-21(9-11-34-16-22(17-34)38-2)18-40-23-7-5-20(29)6-8-23/h5-8,13-14,21-22,32H,3-4,9-12,16-18H2,1-2H3,(H,33,35)/t21-,28-/m1/s1. The Labute approximate surface area is 243 Å². The van der Waals surface area contributed by atoms with Crippen LogP contribution in [0.3, 0.4) is 0 Å². The van der Waals surface area contributed by atoms with Crippen LogP contribution in [0.4, 0.5) is 14.5 Å². The predicted octanol–water partition coefficient (Wildman–Crippen LogP) is 3.89. The molecule has 0 unspecified atom stereocenters. The van der Waals surface area contributed by atoms with E-state index in [-0.39, 0.29) is 29.2 Å². The van der Waals surface area contributed by atoms with Crippen molar-refractivity contribution in [3.63, 3.8) is 0 Å². The van der Waals surface area contributed by atoms with Crippen LogP contribution in [-0.4, -0.2) is 76.1 Å². The highest BCUT2D eigenvalue weighted by Crippen LogP contribution is 2.29. The van der Waals surface area contributed by atoms with E-state index in [9.17, 15) is 22.9 Å². The van der Waals surface area contributed by atoms with Crippen LogP contribution < -0.4 is 10.0 Å². The van der Waals surface area contributed by atoms with Crippen molar-refractivity contribution in [3.05, 3.63) is 53.6 Å². The molecule has 1 amide bonds. The summed E-state index contributed by atoms with van der Waals surface area (Å²) in [6, 6.07) is 9.46. The molecule has 0 aliphatic carbocycles. The van der Waals surface area contributed by atoms with Gasteiger partial charge in [0.15, 0.2) is 0 Å². The van der Waals surface area contributed by atoms with Crippen LogP contribution in [0.2, 0.25) is 0 Å². The highest BCUT2D eigenvalue weighted by molar-refractivity contribution is 7.99. The number of nitriles is 1. The molecule has 0 aromatic heterocycles. The molecular formula is C28H34F2N4O5S2. The van der Waals surface area contributed by atoms with Gasteiger partial charge in [0.1, 0.15) is 23.3 Å². The fourth-order valence-electron chi connectivity index (χ4n) is 4.70. The topological polar surface area (TPSA) is 121 Å². The van der Waals surface area contributed by atoms with E-state index in [0.717, 1.165) is 36.5 Å². The first-order valence-corrected chi connectivity index (χ1v) is 15.8. The van der Waals surface area contributed by atoms with Gasteiger partial charge in [-0.05, 0) is 69.0 Å². The summed E-state index contributed by atoms with van der Waals surface area (Å²) in [6.07, 6.45) is 2.62. The summed E-state index contributed by atoms with van der Waals surface area (Å²) in [5, 5.41) is 12.9. The Balaban J connectivity index is 1.50. The molecule has 2 atom stereocenters. The Hall–Kier alpha value is -2.76. The maximum absolute atomic E-state index is 15.4. The SMILES string of the molecule is COC1CN(CC[C@H](CSc2ccc(F)cc2)Nc2c(F)cc(S(=O)(=O)NC(=O)[C@@]3(C)CCCCO3)cc2C#N)C1. The van der Waals surface area contributed by atoms with Crippen LogP contribution in [0, 0.1) is 23.0 Å². The van der Waals surface area contributed by atoms with Crippen molar-refractivity contribution >= 4 is 33.4 Å². The number of halogens is 2. The van der Waals surface area contributed by atoms with E-state index < -0.39 is 32.2 Å². The molecule has 0 spiro atoms. The molecule has 0 bridgehead atoms. The van der Waals surface area contributed by atoms with Crippen molar-refractivity contribution in [2.75, 3.05) is 44.4 Å². The summed E-state index contributed by atoms with van der Waals surface area (Å²) in [6.45, 7) is 4.13. The van der Waals surface area contributed by atoms with Gasteiger partial charge in [-0.1, -0.05) is 0 Å². The molecule has 0 radical (unpaired) electrons. The Bertz CT molecular complexity index is 1370. The monoisotopic (exact) mass is 608 g/mol. The van der Waals surface area contributed by atoms with Crippen LogP contribution in [0.5, 0.6) is 0 Å². The number of rotatable bonds is 12. The van der Waals surface area contributed by atoms with E-state index >= 15 is 4.39 Å². The number of nitrogens with zero attached hydrogens (tertiary/aromatic N) is 2. The van der Waals surface area contributed by atoms with E-state index in [1.165, 1.54) is 30.8 Å². The molecular weight excluding hydrogens is 574 g/mol. The summed E-state index contributed by atoms with van der Waals surface area (Å²) in [7, 11) is -2.81. The maximum Gasteiger partial charge on any atom is 0.265 e. The molecule has 0 saturated carbocycles. The summed E-state index contributed by atoms with van der Waals surface area (Å²) in [5.41, 5.74) is -1.64. The van der Waals surface area contributed by atoms with Gasteiger partial charge in [-0.15, -0.1) is 11.8 Å². The van der Waals surface area contributed by atoms with Crippen molar-refractivity contribution < 1.29 is 31.5 Å². The van der Waals surface area contributed by atoms with Gasteiger partial charge >= 0.3 is 0 Å². The molecule has 9 nitrogen and oxygen atoms in total. The van der Waals surface area contributed by atoms with Crippen LogP contribution in [0.25, 0.3) is 0 Å². The van der Waals surface area contributed by atoms with E-state index in [4.69, 9.17) is 9.47 Å². The van der Waals surface area contributed by atoms with Gasteiger partial charge in [-0.3, -0.25) is 9.69 Å². The molecule has 2 aliphatic heterocycles. The lowest BCUT2D eigenvalue weighted by molar-refractivity contribution is -0.148. The van der Waals surface area contributed by atoms with E-state index in [1.54, 1.807) is 19.2 Å². The second-order valence-electron chi connectivity index (χ2n) is 10.4. The summed E-state index contributed by atoms with van der Waals surface area (Å²) in [4.78, 5) is 15.2. The number of likely N-dealkylation sites (tertiary alicyclic amines) is 1. The van der Waals surface area contributed by atoms with Gasteiger partial charge in [-0.2, -0.15) is 5.26 Å². The zero-order valence-electron chi connectivity index (χ0n) is 23.0. The molecule has 4 rings (SSSR count). The Morgan fingerprint density at radius 3 is 2.63 bits per heavy atom. The van der Waals surface area contributed by atoms with Crippen LogP contribution >= 0.6 is 11.8 Å². The number of carbonyl (C=O) groups excluding carboxylic acids is 1. The Morgan fingerprint density at radius 1 is 1.27 bits per heavy atom. The number of amides is 1. The normalized spacial score (nSPS) is 20.6. The summed E-state index contributed by atoms with van der Waals surface area (Å²) >= 11 is 1.45. The lowest BCUT2D eigenvalue weighted by atomic mass is 9.95. The largest absolute Gasteiger partial charge is 0.379 e. The number of thioether (sulfide) groups is 1. The highest BCUT2D eigenvalue weighted by Gasteiger charge is 2.38. The number of hydrogen-bond donors (Lipinski definition) is 2. The number of nitrogens with one attached hydrogen (secondary N) is 2. The van der Waals surface area contributed by atoms with Gasteiger partial charge in [0.05, 0.1) is 22.3 Å². The fourth-order valence-corrected chi connectivity index (χ4v) is 6.78. The van der Waals surface area contributed by atoms with Crippen LogP contribution in [0.15, 0.2) is 46.2 Å². The molecule has 41 heavy (non-hydrogen) atoms. The molecule has 13 heteroatoms. The van der Waals surface area contributed by atoms with E-state index in [2.05, 4.69) is 10.2 Å². The number of anilines is 1. The Kier molecular flexibility index (Phi) is 10.3. The lowest BCUT2D eigenvalue weighted by Gasteiger charge is -2.39. The second kappa shape index (κ2) is 13.5. The molecule has 2 aromatic carbocycles. The molecule has 2 fully saturated rings. The first-order chi connectivity index (χ1) is 19.5. The van der Waals surface area contributed by atoms with Crippen LogP contribution in [0.1, 0.15) is 38.2 Å². The van der Waals surface area contributed by atoms with Crippen molar-refractivity contribution in [2.45, 2.75) is 60.1 Å². The van der Waals surface area contributed by atoms with Gasteiger partial charge in [0.25, 0.3) is 15.9 Å². The molecule has 2 heterocycles. The molecule has 2 aliphatic rings. The van der Waals surface area contributed by atoms with Crippen molar-refractivity contribution in [2.24, 2.45) is 0 Å². The van der Waals surface area contributed by atoms with Crippen molar-refractivity contribution in [1.82, 2.24) is 9.62 Å². The minimum Gasteiger partial charge on any atom is -0.379 e. The number of carbonyl (C=O) groups is 1. The smallest absolute Gasteiger partial charge is 0.265 e. The summed E-state index contributed by atoms with van der Waals surface area (Å²) < 4.78 is 67.6. The minimum absolute atomic E-state index is 0.122. The van der Waals surface area contributed by atoms with E-state index in [0.29, 0.717) is 38.2 Å². The quantitative estimate of drug-likeness (QED) is 0.346. The number of ether oxygens (including phenoxy) is 2. The number of methoxy groups -OCH3 is 1. The second-order valence-corrected chi connectivity index (χ2v) is 13.2. The molecule has 2 aromatic rings. The zero-order chi connectivity index (χ0) is 29.6. The Morgan fingerprint density at radius 2 is 2.00 bits per heavy atom. The van der Waals surface area contributed by atoms with Gasteiger partial charge in [0, 0.05) is 50.0 Å². The van der Waals surface area contributed by atoms with Gasteiger partial charge in [-0.25, -0.2) is 21.9 Å². The average molecular weight is 609 g/mol. The molecule has 2 saturated heterocycles. The number of benzene rings is 2. The van der Waals surface area contributed by atoms with E-state index in [1.807, 2.05) is 10.8 Å². The summed E-state index contributed by atoms with van der Waals surface area (Å²) in [5.74, 6) is -1.64. The minimum atomic E-state index is -4.47.